The van der Waals surface area contributed by atoms with Crippen LogP contribution in [0.4, 0.5) is 14.6 Å². The van der Waals surface area contributed by atoms with Crippen LogP contribution in [0.3, 0.4) is 0 Å². The van der Waals surface area contributed by atoms with E-state index in [0.717, 1.165) is 6.20 Å². The van der Waals surface area contributed by atoms with Crippen LogP contribution < -0.4 is 9.64 Å². The first-order valence-corrected chi connectivity index (χ1v) is 8.49. The van der Waals surface area contributed by atoms with Crippen LogP contribution >= 0.6 is 0 Å². The first-order chi connectivity index (χ1) is 14.0. The third-order valence-electron chi connectivity index (χ3n) is 3.89. The van der Waals surface area contributed by atoms with Crippen LogP contribution in [0, 0.1) is 6.92 Å². The number of halogens is 2. The normalized spacial score (nSPS) is 11.2. The minimum absolute atomic E-state index is 0.0961. The van der Waals surface area contributed by atoms with Gasteiger partial charge in [0, 0.05) is 31.1 Å². The van der Waals surface area contributed by atoms with Gasteiger partial charge < -0.3 is 9.64 Å². The summed E-state index contributed by atoms with van der Waals surface area (Å²) in [5.41, 5.74) is 1.07. The summed E-state index contributed by atoms with van der Waals surface area (Å²) in [5.74, 6) is 1.24. The van der Waals surface area contributed by atoms with E-state index in [4.69, 9.17) is 4.74 Å². The molecule has 0 atom stereocenters. The molecule has 0 aliphatic rings. The number of rotatable bonds is 8. The van der Waals surface area contributed by atoms with Crippen LogP contribution in [-0.2, 0) is 6.61 Å². The van der Waals surface area contributed by atoms with Crippen molar-refractivity contribution in [3.63, 3.8) is 0 Å². The highest BCUT2D eigenvalue weighted by molar-refractivity contribution is 5.76. The average molecular weight is 400 g/mol. The molecule has 0 saturated heterocycles. The fraction of sp³-hybridized carbons (Fsp3) is 0.222. The number of ether oxygens (including phenoxy) is 1. The van der Waals surface area contributed by atoms with E-state index in [1.54, 1.807) is 37.3 Å². The van der Waals surface area contributed by atoms with Crippen LogP contribution in [-0.4, -0.2) is 43.6 Å². The van der Waals surface area contributed by atoms with E-state index in [9.17, 15) is 8.78 Å². The fourth-order valence-corrected chi connectivity index (χ4v) is 2.30. The van der Waals surface area contributed by atoms with E-state index < -0.39 is 6.43 Å². The lowest BCUT2D eigenvalue weighted by Gasteiger charge is -2.11. The van der Waals surface area contributed by atoms with Crippen molar-refractivity contribution >= 4 is 12.2 Å². The Morgan fingerprint density at radius 1 is 1.24 bits per heavy atom. The minimum atomic E-state index is -2.58. The second kappa shape index (κ2) is 8.95. The molecule has 0 bridgehead atoms. The van der Waals surface area contributed by atoms with Crippen molar-refractivity contribution in [2.24, 2.45) is 4.99 Å². The predicted octanol–water partition coefficient (Wildman–Crippen LogP) is 2.89. The van der Waals surface area contributed by atoms with Crippen LogP contribution in [0.15, 0.2) is 48.2 Å². The molecule has 150 valence electrons. The molecule has 3 aromatic heterocycles. The molecule has 0 spiro atoms. The summed E-state index contributed by atoms with van der Waals surface area (Å²) in [4.78, 5) is 9.61. The van der Waals surface area contributed by atoms with Gasteiger partial charge in [0.15, 0.2) is 11.6 Å². The molecule has 0 aliphatic heterocycles. The second-order valence-electron chi connectivity index (χ2n) is 5.86. The summed E-state index contributed by atoms with van der Waals surface area (Å²) in [6, 6.07) is 6.14. The molecule has 0 amide bonds. The standard InChI is InChI=1S/C18H18F2N8O/c1-4-21-11-27(3)16-7-8-17(25-24-16)29-10-14-12(2)23-26-28(14)15-6-5-13(9-22-15)18(19)20/h4-9,11,18H,1,10H2,2-3H3. The molecular weight excluding hydrogens is 382 g/mol. The van der Waals surface area contributed by atoms with Gasteiger partial charge in [-0.2, -0.15) is 4.68 Å². The van der Waals surface area contributed by atoms with Gasteiger partial charge in [-0.05, 0) is 25.1 Å². The van der Waals surface area contributed by atoms with Crippen LogP contribution in [0.1, 0.15) is 23.4 Å². The molecule has 0 fully saturated rings. The second-order valence-corrected chi connectivity index (χ2v) is 5.86. The van der Waals surface area contributed by atoms with E-state index in [-0.39, 0.29) is 12.2 Å². The number of aliphatic imine (C=N–C) groups is 1. The Morgan fingerprint density at radius 3 is 2.69 bits per heavy atom. The lowest BCUT2D eigenvalue weighted by molar-refractivity contribution is 0.151. The van der Waals surface area contributed by atoms with Crippen LogP contribution in [0.25, 0.3) is 5.82 Å². The molecule has 0 aliphatic carbocycles. The topological polar surface area (TPSA) is 94.2 Å². The van der Waals surface area contributed by atoms with E-state index in [1.165, 1.54) is 23.0 Å². The zero-order valence-electron chi connectivity index (χ0n) is 15.8. The third-order valence-corrected chi connectivity index (χ3v) is 3.89. The monoisotopic (exact) mass is 400 g/mol. The van der Waals surface area contributed by atoms with E-state index in [0.29, 0.717) is 28.9 Å². The maximum atomic E-state index is 12.7. The minimum Gasteiger partial charge on any atom is -0.470 e. The summed E-state index contributed by atoms with van der Waals surface area (Å²) in [5, 5.41) is 16.1. The molecule has 0 unspecified atom stereocenters. The van der Waals surface area contributed by atoms with Crippen LogP contribution in [0.5, 0.6) is 5.88 Å². The van der Waals surface area contributed by atoms with Gasteiger partial charge in [-0.25, -0.2) is 18.8 Å². The predicted molar refractivity (Wildman–Crippen MR) is 102 cm³/mol. The Labute approximate surface area is 165 Å². The summed E-state index contributed by atoms with van der Waals surface area (Å²) < 4.78 is 32.5. The maximum Gasteiger partial charge on any atom is 0.265 e. The SMILES string of the molecule is C=CN=CN(C)c1ccc(OCc2c(C)nnn2-c2ccc(C(F)F)cn2)nn1. The molecule has 0 N–H and O–H groups in total. The van der Waals surface area contributed by atoms with Crippen molar-refractivity contribution in [2.75, 3.05) is 11.9 Å². The van der Waals surface area contributed by atoms with Gasteiger partial charge in [0.25, 0.3) is 6.43 Å². The Kier molecular flexibility index (Phi) is 6.17. The van der Waals surface area contributed by atoms with Crippen molar-refractivity contribution in [3.05, 3.63) is 60.2 Å². The molecule has 0 saturated carbocycles. The Bertz CT molecular complexity index is 986. The van der Waals surface area contributed by atoms with Crippen LogP contribution in [0.2, 0.25) is 0 Å². The summed E-state index contributed by atoms with van der Waals surface area (Å²) in [6.45, 7) is 5.36. The van der Waals surface area contributed by atoms with Gasteiger partial charge in [0.05, 0.1) is 12.0 Å². The Hall–Kier alpha value is -3.76. The van der Waals surface area contributed by atoms with Crippen molar-refractivity contribution in [1.29, 1.82) is 0 Å². The van der Waals surface area contributed by atoms with E-state index >= 15 is 0 Å². The molecule has 29 heavy (non-hydrogen) atoms. The quantitative estimate of drug-likeness (QED) is 0.424. The number of aryl methyl sites for hydroxylation is 1. The van der Waals surface area contributed by atoms with Crippen molar-refractivity contribution in [3.8, 4) is 11.7 Å². The Balaban J connectivity index is 1.72. The highest BCUT2D eigenvalue weighted by Crippen LogP contribution is 2.20. The molecule has 0 aromatic carbocycles. The molecule has 3 heterocycles. The number of nitrogens with zero attached hydrogens (tertiary/aromatic N) is 8. The molecule has 3 rings (SSSR count). The van der Waals surface area contributed by atoms with Crippen molar-refractivity contribution in [2.45, 2.75) is 20.0 Å². The number of anilines is 1. The molecule has 0 radical (unpaired) electrons. The van der Waals surface area contributed by atoms with Gasteiger partial charge in [0.1, 0.15) is 12.3 Å². The van der Waals surface area contributed by atoms with Crippen molar-refractivity contribution in [1.82, 2.24) is 30.2 Å². The summed E-state index contributed by atoms with van der Waals surface area (Å²) in [7, 11) is 1.78. The average Bonchev–Trinajstić information content (AvgIpc) is 3.11. The molecule has 11 heteroatoms. The zero-order chi connectivity index (χ0) is 20.8. The van der Waals surface area contributed by atoms with E-state index in [1.807, 2.05) is 0 Å². The van der Waals surface area contributed by atoms with Gasteiger partial charge in [-0.3, -0.25) is 0 Å². The number of hydrogen-bond acceptors (Lipinski definition) is 7. The van der Waals surface area contributed by atoms with Gasteiger partial charge in [-0.15, -0.1) is 15.3 Å². The fourth-order valence-electron chi connectivity index (χ4n) is 2.30. The third kappa shape index (κ3) is 4.75. The largest absolute Gasteiger partial charge is 0.470 e. The molecular formula is C18H18F2N8O. The Morgan fingerprint density at radius 2 is 2.07 bits per heavy atom. The highest BCUT2D eigenvalue weighted by Gasteiger charge is 2.15. The smallest absolute Gasteiger partial charge is 0.265 e. The zero-order valence-corrected chi connectivity index (χ0v) is 15.8. The molecule has 9 nitrogen and oxygen atoms in total. The number of hydrogen-bond donors (Lipinski definition) is 0. The first-order valence-electron chi connectivity index (χ1n) is 8.49. The van der Waals surface area contributed by atoms with Gasteiger partial charge in [0.2, 0.25) is 5.88 Å². The lowest BCUT2D eigenvalue weighted by atomic mass is 10.3. The number of alkyl halides is 2. The molecule has 3 aromatic rings. The highest BCUT2D eigenvalue weighted by atomic mass is 19.3. The number of aromatic nitrogens is 6. The lowest BCUT2D eigenvalue weighted by Crippen LogP contribution is -2.16. The van der Waals surface area contributed by atoms with Crippen molar-refractivity contribution < 1.29 is 13.5 Å². The van der Waals surface area contributed by atoms with E-state index in [2.05, 4.69) is 37.1 Å². The summed E-state index contributed by atoms with van der Waals surface area (Å²) >= 11 is 0. The number of pyridine rings is 1. The van der Waals surface area contributed by atoms with Gasteiger partial charge >= 0.3 is 0 Å². The first kappa shape index (κ1) is 20.0. The van der Waals surface area contributed by atoms with Gasteiger partial charge in [-0.1, -0.05) is 11.8 Å². The summed E-state index contributed by atoms with van der Waals surface area (Å²) in [6.07, 6.45) is 1.49. The maximum absolute atomic E-state index is 12.7.